The lowest BCUT2D eigenvalue weighted by Crippen LogP contribution is -2.53. The van der Waals surface area contributed by atoms with E-state index in [4.69, 9.17) is 9.47 Å². The minimum absolute atomic E-state index is 0.0771. The first-order valence-electron chi connectivity index (χ1n) is 14.1. The molecule has 10 heteroatoms. The molecule has 4 aliphatic heterocycles. The molecule has 6 rings (SSSR count). The SMILES string of the molecule is COCCOCc1ccc(-c2nc(C3CC(F)(NC(=O)C4CCNCC4)C4CC[N+]3(C)CC4)ncc2F)cc1. The van der Waals surface area contributed by atoms with Crippen molar-refractivity contribution in [3.63, 3.8) is 0 Å². The first kappa shape index (κ1) is 28.0. The summed E-state index contributed by atoms with van der Waals surface area (Å²) in [6.45, 7) is 4.51. The molecule has 4 saturated heterocycles. The van der Waals surface area contributed by atoms with Gasteiger partial charge < -0.3 is 24.6 Å². The van der Waals surface area contributed by atoms with Crippen LogP contribution in [-0.4, -0.2) is 79.7 Å². The molecule has 1 aromatic carbocycles. The van der Waals surface area contributed by atoms with Crippen LogP contribution in [0.3, 0.4) is 0 Å². The molecule has 0 spiro atoms. The van der Waals surface area contributed by atoms with Gasteiger partial charge in [-0.1, -0.05) is 24.3 Å². The van der Waals surface area contributed by atoms with E-state index in [-0.39, 0.29) is 29.9 Å². The van der Waals surface area contributed by atoms with Gasteiger partial charge in [-0.15, -0.1) is 0 Å². The number of halogens is 2. The predicted molar refractivity (Wildman–Crippen MR) is 143 cm³/mol. The highest BCUT2D eigenvalue weighted by atomic mass is 19.1. The molecule has 2 unspecified atom stereocenters. The van der Waals surface area contributed by atoms with Crippen molar-refractivity contribution in [2.24, 2.45) is 11.8 Å². The zero-order valence-corrected chi connectivity index (χ0v) is 22.9. The fourth-order valence-electron chi connectivity index (χ4n) is 6.34. The second-order valence-electron chi connectivity index (χ2n) is 11.5. The molecule has 39 heavy (non-hydrogen) atoms. The van der Waals surface area contributed by atoms with Crippen molar-refractivity contribution < 1.29 is 27.5 Å². The van der Waals surface area contributed by atoms with Crippen LogP contribution >= 0.6 is 0 Å². The van der Waals surface area contributed by atoms with Crippen molar-refractivity contribution in [3.8, 4) is 11.3 Å². The number of aromatic nitrogens is 2. The first-order valence-corrected chi connectivity index (χ1v) is 14.1. The summed E-state index contributed by atoms with van der Waals surface area (Å²) in [7, 11) is 3.73. The molecule has 8 nitrogen and oxygen atoms in total. The van der Waals surface area contributed by atoms with E-state index >= 15 is 4.39 Å². The highest BCUT2D eigenvalue weighted by Crippen LogP contribution is 2.48. The van der Waals surface area contributed by atoms with E-state index in [0.29, 0.717) is 61.4 Å². The lowest BCUT2D eigenvalue weighted by molar-refractivity contribution is -0.942. The van der Waals surface area contributed by atoms with Crippen LogP contribution in [0.2, 0.25) is 0 Å². The Morgan fingerprint density at radius 2 is 1.87 bits per heavy atom. The van der Waals surface area contributed by atoms with Crippen LogP contribution in [0.5, 0.6) is 0 Å². The van der Waals surface area contributed by atoms with E-state index in [1.807, 2.05) is 24.3 Å². The van der Waals surface area contributed by atoms with Gasteiger partial charge in [-0.2, -0.15) is 0 Å². The van der Waals surface area contributed by atoms with E-state index in [9.17, 15) is 9.18 Å². The van der Waals surface area contributed by atoms with Crippen molar-refractivity contribution in [1.82, 2.24) is 20.6 Å². The lowest BCUT2D eigenvalue weighted by atomic mass is 9.86. The monoisotopic (exact) mass is 544 g/mol. The number of amides is 1. The number of piperidine rings is 2. The van der Waals surface area contributed by atoms with Crippen molar-refractivity contribution >= 4 is 5.91 Å². The number of benzene rings is 1. The molecule has 2 atom stereocenters. The van der Waals surface area contributed by atoms with Crippen LogP contribution < -0.4 is 10.6 Å². The quantitative estimate of drug-likeness (QED) is 0.286. The molecule has 5 heterocycles. The van der Waals surface area contributed by atoms with Crippen molar-refractivity contribution in [3.05, 3.63) is 47.7 Å². The topological polar surface area (TPSA) is 85.4 Å². The fourth-order valence-corrected chi connectivity index (χ4v) is 6.34. The van der Waals surface area contributed by atoms with E-state index in [0.717, 1.165) is 31.7 Å². The Kier molecular flexibility index (Phi) is 8.56. The number of carbonyl (C=O) groups excluding carboxylic acids is 1. The van der Waals surface area contributed by atoms with Gasteiger partial charge in [0.15, 0.2) is 23.5 Å². The Morgan fingerprint density at radius 3 is 2.56 bits per heavy atom. The second kappa shape index (κ2) is 11.9. The van der Waals surface area contributed by atoms with Gasteiger partial charge in [0.05, 0.1) is 52.6 Å². The molecular formula is C29H40F2N5O3+. The molecule has 4 aliphatic rings. The number of hydrogen-bond donors (Lipinski definition) is 2. The van der Waals surface area contributed by atoms with Gasteiger partial charge in [-0.05, 0) is 31.5 Å². The molecular weight excluding hydrogens is 504 g/mol. The number of carbonyl (C=O) groups is 1. The Balaban J connectivity index is 1.38. The zero-order chi connectivity index (χ0) is 27.5. The number of nitrogens with zero attached hydrogens (tertiary/aromatic N) is 3. The van der Waals surface area contributed by atoms with Gasteiger partial charge in [0.25, 0.3) is 0 Å². The summed E-state index contributed by atoms with van der Waals surface area (Å²) < 4.78 is 43.0. The molecule has 1 amide bonds. The zero-order valence-electron chi connectivity index (χ0n) is 22.9. The molecule has 212 valence electrons. The number of fused-ring (bicyclic) bond motifs is 4. The summed E-state index contributed by atoms with van der Waals surface area (Å²) in [5.74, 6) is -2.58. The van der Waals surface area contributed by atoms with Gasteiger partial charge in [0.2, 0.25) is 5.91 Å². The molecule has 2 bridgehead atoms. The Morgan fingerprint density at radius 1 is 1.15 bits per heavy atom. The van der Waals surface area contributed by atoms with Crippen LogP contribution in [0.25, 0.3) is 11.3 Å². The second-order valence-corrected chi connectivity index (χ2v) is 11.5. The summed E-state index contributed by atoms with van der Waals surface area (Å²) in [5, 5.41) is 6.10. The summed E-state index contributed by atoms with van der Waals surface area (Å²) in [6, 6.07) is 7.01. The summed E-state index contributed by atoms with van der Waals surface area (Å²) in [4.78, 5) is 22.2. The summed E-state index contributed by atoms with van der Waals surface area (Å²) >= 11 is 0. The third kappa shape index (κ3) is 6.14. The molecule has 0 radical (unpaired) electrons. The first-order chi connectivity index (χ1) is 18.8. The molecule has 1 aromatic heterocycles. The third-order valence-corrected chi connectivity index (χ3v) is 8.90. The van der Waals surface area contributed by atoms with Crippen molar-refractivity contribution in [2.75, 3.05) is 53.6 Å². The average molecular weight is 545 g/mol. The molecule has 2 N–H and O–H groups in total. The van der Waals surface area contributed by atoms with E-state index < -0.39 is 17.7 Å². The molecule has 4 fully saturated rings. The number of alkyl halides is 1. The van der Waals surface area contributed by atoms with Gasteiger partial charge in [-0.25, -0.2) is 18.7 Å². The third-order valence-electron chi connectivity index (χ3n) is 8.90. The highest BCUT2D eigenvalue weighted by Gasteiger charge is 2.56. The van der Waals surface area contributed by atoms with E-state index in [1.165, 1.54) is 6.20 Å². The lowest BCUT2D eigenvalue weighted by Gasteiger charge is -2.41. The predicted octanol–water partition coefficient (Wildman–Crippen LogP) is 3.53. The largest absolute Gasteiger partial charge is 0.382 e. The number of rotatable bonds is 9. The van der Waals surface area contributed by atoms with Crippen LogP contribution in [0, 0.1) is 17.7 Å². The molecule has 0 aliphatic carbocycles. The van der Waals surface area contributed by atoms with Gasteiger partial charge in [-0.3, -0.25) is 4.79 Å². The summed E-state index contributed by atoms with van der Waals surface area (Å²) in [6.07, 6.45) is 4.06. The van der Waals surface area contributed by atoms with Gasteiger partial charge >= 0.3 is 0 Å². The number of hydrogen-bond acceptors (Lipinski definition) is 6. The average Bonchev–Trinajstić information content (AvgIpc) is 3.13. The normalized spacial score (nSPS) is 29.2. The van der Waals surface area contributed by atoms with Crippen molar-refractivity contribution in [2.45, 2.75) is 50.5 Å². The Hall–Kier alpha value is -2.53. The summed E-state index contributed by atoms with van der Waals surface area (Å²) in [5.41, 5.74) is 1.78. The van der Waals surface area contributed by atoms with Crippen LogP contribution in [0.4, 0.5) is 8.78 Å². The van der Waals surface area contributed by atoms with Crippen LogP contribution in [0.1, 0.15) is 49.5 Å². The number of quaternary nitrogens is 1. The highest BCUT2D eigenvalue weighted by molar-refractivity contribution is 5.79. The Bertz CT molecular complexity index is 1140. The maximum atomic E-state index is 16.8. The number of methoxy groups -OCH3 is 1. The Labute approximate surface area is 229 Å². The van der Waals surface area contributed by atoms with Crippen LogP contribution in [0.15, 0.2) is 30.5 Å². The maximum Gasteiger partial charge on any atom is 0.225 e. The van der Waals surface area contributed by atoms with E-state index in [2.05, 4.69) is 27.6 Å². The molecule has 2 aromatic rings. The minimum atomic E-state index is -1.85. The molecule has 0 saturated carbocycles. The standard InChI is InChI=1S/C29H39F2N5O3/c1-36-13-9-23(10-14-36)29(31,35-28(37)22-7-11-32-12-8-22)17-25(36)27-33-18-24(30)26(34-27)21-5-3-20(4-6-21)19-39-16-15-38-2/h3-6,18,22-23,25,32H,7-17,19H2,1-2H3/p+1. The van der Waals surface area contributed by atoms with E-state index in [1.54, 1.807) is 7.11 Å². The number of ether oxygens (including phenoxy) is 2. The fraction of sp³-hybridized carbons (Fsp3) is 0.621. The van der Waals surface area contributed by atoms with Gasteiger partial charge in [0, 0.05) is 37.4 Å². The number of nitrogens with one attached hydrogen (secondary N) is 2. The van der Waals surface area contributed by atoms with Gasteiger partial charge in [0.1, 0.15) is 5.69 Å². The smallest absolute Gasteiger partial charge is 0.225 e. The van der Waals surface area contributed by atoms with Crippen molar-refractivity contribution in [1.29, 1.82) is 0 Å². The van der Waals surface area contributed by atoms with Crippen LogP contribution in [-0.2, 0) is 20.9 Å². The minimum Gasteiger partial charge on any atom is -0.382 e. The maximum absolute atomic E-state index is 16.8.